The van der Waals surface area contributed by atoms with E-state index in [1.165, 1.54) is 7.11 Å². The van der Waals surface area contributed by atoms with E-state index in [2.05, 4.69) is 11.4 Å². The summed E-state index contributed by atoms with van der Waals surface area (Å²) in [5.74, 6) is 2.43. The van der Waals surface area contributed by atoms with Crippen LogP contribution in [0.2, 0.25) is 0 Å². The molecule has 5 nitrogen and oxygen atoms in total. The highest BCUT2D eigenvalue weighted by Crippen LogP contribution is 2.24. The van der Waals surface area contributed by atoms with Gasteiger partial charge in [-0.3, -0.25) is 4.79 Å². The van der Waals surface area contributed by atoms with Crippen molar-refractivity contribution in [2.75, 3.05) is 26.5 Å². The van der Waals surface area contributed by atoms with Gasteiger partial charge in [0, 0.05) is 24.1 Å². The number of nitrogens with one attached hydrogen (secondary N) is 1. The fraction of sp³-hybridized carbons (Fsp3) is 0.263. The van der Waals surface area contributed by atoms with Crippen molar-refractivity contribution in [2.24, 2.45) is 0 Å². The summed E-state index contributed by atoms with van der Waals surface area (Å²) in [6, 6.07) is 14.8. The lowest BCUT2D eigenvalue weighted by molar-refractivity contribution is 0.0953. The zero-order valence-electron chi connectivity index (χ0n) is 14.2. The van der Waals surface area contributed by atoms with Gasteiger partial charge in [0.15, 0.2) is 0 Å². The molecule has 0 aliphatic rings. The van der Waals surface area contributed by atoms with E-state index in [0.29, 0.717) is 29.2 Å². The van der Waals surface area contributed by atoms with Crippen LogP contribution < -0.4 is 14.8 Å². The minimum absolute atomic E-state index is 0.183. The lowest BCUT2D eigenvalue weighted by atomic mass is 10.1. The van der Waals surface area contributed by atoms with E-state index in [-0.39, 0.29) is 5.91 Å². The molecular formula is C19H20N2O3S. The Hall–Kier alpha value is -2.65. The number of rotatable bonds is 8. The van der Waals surface area contributed by atoms with Crippen LogP contribution in [-0.2, 0) is 5.75 Å². The molecule has 0 aromatic heterocycles. The Morgan fingerprint density at radius 1 is 1.20 bits per heavy atom. The molecule has 0 fully saturated rings. The number of nitrogens with zero attached hydrogens (tertiary/aromatic N) is 1. The number of amides is 1. The highest BCUT2D eigenvalue weighted by Gasteiger charge is 2.12. The van der Waals surface area contributed by atoms with E-state index in [1.54, 1.807) is 37.1 Å². The summed E-state index contributed by atoms with van der Waals surface area (Å²) in [7, 11) is 3.09. The number of hydrogen-bond donors (Lipinski definition) is 1. The molecule has 0 saturated heterocycles. The van der Waals surface area contributed by atoms with E-state index in [9.17, 15) is 4.79 Å². The fourth-order valence-electron chi connectivity index (χ4n) is 2.26. The number of carbonyl (C=O) groups is 1. The van der Waals surface area contributed by atoms with Gasteiger partial charge in [0.1, 0.15) is 11.5 Å². The Balaban J connectivity index is 1.82. The van der Waals surface area contributed by atoms with Crippen LogP contribution in [0.1, 0.15) is 21.5 Å². The number of methoxy groups -OCH3 is 2. The SMILES string of the molecule is COc1ccc(C(=O)NCCSCc2ccccc2C#N)c(OC)c1. The normalized spacial score (nSPS) is 9.96. The summed E-state index contributed by atoms with van der Waals surface area (Å²) in [5, 5.41) is 12.0. The molecular weight excluding hydrogens is 336 g/mol. The first-order valence-electron chi connectivity index (χ1n) is 7.75. The van der Waals surface area contributed by atoms with Crippen LogP contribution in [0.25, 0.3) is 0 Å². The third-order valence-electron chi connectivity index (χ3n) is 3.58. The minimum atomic E-state index is -0.183. The van der Waals surface area contributed by atoms with Crippen molar-refractivity contribution < 1.29 is 14.3 Å². The van der Waals surface area contributed by atoms with Crippen molar-refractivity contribution in [1.29, 1.82) is 5.26 Å². The van der Waals surface area contributed by atoms with Crippen molar-refractivity contribution in [3.05, 3.63) is 59.2 Å². The van der Waals surface area contributed by atoms with Crippen LogP contribution in [0.4, 0.5) is 0 Å². The number of ether oxygens (including phenoxy) is 2. The molecule has 0 aliphatic carbocycles. The first-order chi connectivity index (χ1) is 12.2. The van der Waals surface area contributed by atoms with Gasteiger partial charge in [0.2, 0.25) is 0 Å². The number of hydrogen-bond acceptors (Lipinski definition) is 5. The molecule has 0 spiro atoms. The largest absolute Gasteiger partial charge is 0.497 e. The summed E-state index contributed by atoms with van der Waals surface area (Å²) in [6.45, 7) is 0.535. The van der Waals surface area contributed by atoms with E-state index >= 15 is 0 Å². The van der Waals surface area contributed by atoms with Crippen LogP contribution in [0.15, 0.2) is 42.5 Å². The zero-order chi connectivity index (χ0) is 18.1. The lowest BCUT2D eigenvalue weighted by Gasteiger charge is -2.11. The Kier molecular flexibility index (Phi) is 7.17. The molecule has 0 heterocycles. The van der Waals surface area contributed by atoms with Crippen molar-refractivity contribution in [3.63, 3.8) is 0 Å². The van der Waals surface area contributed by atoms with Gasteiger partial charge in [-0.05, 0) is 23.8 Å². The van der Waals surface area contributed by atoms with Crippen LogP contribution in [0, 0.1) is 11.3 Å². The lowest BCUT2D eigenvalue weighted by Crippen LogP contribution is -2.26. The smallest absolute Gasteiger partial charge is 0.255 e. The van der Waals surface area contributed by atoms with Gasteiger partial charge >= 0.3 is 0 Å². The molecule has 2 aromatic rings. The van der Waals surface area contributed by atoms with Crippen LogP contribution >= 0.6 is 11.8 Å². The van der Waals surface area contributed by atoms with Gasteiger partial charge in [0.25, 0.3) is 5.91 Å². The summed E-state index contributed by atoms with van der Waals surface area (Å²) >= 11 is 1.67. The van der Waals surface area contributed by atoms with Crippen LogP contribution in [0.5, 0.6) is 11.5 Å². The molecule has 0 unspecified atom stereocenters. The maximum Gasteiger partial charge on any atom is 0.255 e. The number of carbonyl (C=O) groups excluding carboxylic acids is 1. The zero-order valence-corrected chi connectivity index (χ0v) is 15.1. The first kappa shape index (κ1) is 18.7. The summed E-state index contributed by atoms with van der Waals surface area (Å²) in [5.41, 5.74) is 2.18. The Bertz CT molecular complexity index is 772. The molecule has 2 aromatic carbocycles. The second kappa shape index (κ2) is 9.60. The number of nitriles is 1. The van der Waals surface area contributed by atoms with E-state index in [0.717, 1.165) is 17.1 Å². The second-order valence-corrected chi connectivity index (χ2v) is 6.25. The third-order valence-corrected chi connectivity index (χ3v) is 4.59. The predicted octanol–water partition coefficient (Wildman–Crippen LogP) is 3.24. The molecule has 25 heavy (non-hydrogen) atoms. The number of thioether (sulfide) groups is 1. The van der Waals surface area contributed by atoms with Crippen molar-refractivity contribution in [1.82, 2.24) is 5.32 Å². The molecule has 0 aliphatic heterocycles. The standard InChI is InChI=1S/C19H20N2O3S/c1-23-16-7-8-17(18(11-16)24-2)19(22)21-9-10-25-13-15-6-4-3-5-14(15)12-20/h3-8,11H,9-10,13H2,1-2H3,(H,21,22). The van der Waals surface area contributed by atoms with Crippen LogP contribution in [0.3, 0.4) is 0 Å². The van der Waals surface area contributed by atoms with E-state index < -0.39 is 0 Å². The molecule has 2 rings (SSSR count). The Labute approximate surface area is 151 Å². The van der Waals surface area contributed by atoms with Gasteiger partial charge in [-0.2, -0.15) is 17.0 Å². The summed E-state index contributed by atoms with van der Waals surface area (Å²) in [6.07, 6.45) is 0. The average molecular weight is 356 g/mol. The molecule has 0 atom stereocenters. The van der Waals surface area contributed by atoms with Crippen molar-refractivity contribution in [2.45, 2.75) is 5.75 Å². The van der Waals surface area contributed by atoms with Gasteiger partial charge in [-0.1, -0.05) is 18.2 Å². The molecule has 0 radical (unpaired) electrons. The molecule has 0 saturated carbocycles. The summed E-state index contributed by atoms with van der Waals surface area (Å²) < 4.78 is 10.4. The van der Waals surface area contributed by atoms with Gasteiger partial charge in [0.05, 0.1) is 31.4 Å². The maximum atomic E-state index is 12.3. The summed E-state index contributed by atoms with van der Waals surface area (Å²) in [4.78, 5) is 12.3. The maximum absolute atomic E-state index is 12.3. The quantitative estimate of drug-likeness (QED) is 0.735. The van der Waals surface area contributed by atoms with Gasteiger partial charge in [-0.15, -0.1) is 0 Å². The number of benzene rings is 2. The monoisotopic (exact) mass is 356 g/mol. The average Bonchev–Trinajstić information content (AvgIpc) is 2.67. The van der Waals surface area contributed by atoms with Crippen LogP contribution in [-0.4, -0.2) is 32.4 Å². The molecule has 1 amide bonds. The van der Waals surface area contributed by atoms with Crippen molar-refractivity contribution >= 4 is 17.7 Å². The molecule has 130 valence electrons. The first-order valence-corrected chi connectivity index (χ1v) is 8.91. The second-order valence-electron chi connectivity index (χ2n) is 5.14. The van der Waals surface area contributed by atoms with E-state index in [4.69, 9.17) is 14.7 Å². The minimum Gasteiger partial charge on any atom is -0.497 e. The topological polar surface area (TPSA) is 71.3 Å². The highest BCUT2D eigenvalue weighted by molar-refractivity contribution is 7.98. The Morgan fingerprint density at radius 2 is 2.00 bits per heavy atom. The van der Waals surface area contributed by atoms with Gasteiger partial charge in [-0.25, -0.2) is 0 Å². The van der Waals surface area contributed by atoms with E-state index in [1.807, 2.05) is 24.3 Å². The third kappa shape index (κ3) is 5.16. The highest BCUT2D eigenvalue weighted by atomic mass is 32.2. The Morgan fingerprint density at radius 3 is 2.72 bits per heavy atom. The molecule has 0 bridgehead atoms. The fourth-order valence-corrected chi connectivity index (χ4v) is 3.12. The van der Waals surface area contributed by atoms with Gasteiger partial charge < -0.3 is 14.8 Å². The molecule has 6 heteroatoms. The predicted molar refractivity (Wildman–Crippen MR) is 99.2 cm³/mol. The molecule has 1 N–H and O–H groups in total. The van der Waals surface area contributed by atoms with Crippen molar-refractivity contribution in [3.8, 4) is 17.6 Å².